The minimum atomic E-state index is -4.69. The monoisotopic (exact) mass is 404 g/mol. The average molecular weight is 405 g/mol. The molecule has 1 saturated heterocycles. The molecule has 0 bridgehead atoms. The van der Waals surface area contributed by atoms with Crippen LogP contribution in [-0.2, 0) is 0 Å². The van der Waals surface area contributed by atoms with Crippen molar-refractivity contribution in [2.45, 2.75) is 12.4 Å². The first-order valence-electron chi connectivity index (χ1n) is 7.48. The Kier molecular flexibility index (Phi) is 5.17. The van der Waals surface area contributed by atoms with E-state index in [0.29, 0.717) is 4.67 Å². The Bertz CT molecular complexity index is 667. The number of furan rings is 1. The van der Waals surface area contributed by atoms with Crippen LogP contribution in [0.15, 0.2) is 45.5 Å². The Morgan fingerprint density at radius 1 is 1.08 bits per heavy atom. The van der Waals surface area contributed by atoms with Crippen LogP contribution in [0.1, 0.15) is 17.4 Å². The van der Waals surface area contributed by atoms with Crippen LogP contribution in [0.25, 0.3) is 0 Å². The fourth-order valence-electron chi connectivity index (χ4n) is 2.82. The van der Waals surface area contributed by atoms with Crippen molar-refractivity contribution in [2.75, 3.05) is 26.2 Å². The minimum absolute atomic E-state index is 0.154. The van der Waals surface area contributed by atoms with Gasteiger partial charge in [0.05, 0.1) is 6.04 Å². The zero-order valence-corrected chi connectivity index (χ0v) is 14.2. The molecule has 0 unspecified atom stereocenters. The largest absolute Gasteiger partial charge is 0.573 e. The Morgan fingerprint density at radius 2 is 1.75 bits per heavy atom. The molecule has 4 nitrogen and oxygen atoms in total. The van der Waals surface area contributed by atoms with E-state index in [0.717, 1.165) is 37.5 Å². The predicted octanol–water partition coefficient (Wildman–Crippen LogP) is 3.94. The molecule has 0 spiro atoms. The van der Waals surface area contributed by atoms with E-state index in [4.69, 9.17) is 4.42 Å². The van der Waals surface area contributed by atoms with Gasteiger partial charge < -0.3 is 14.5 Å². The second-order valence-corrected chi connectivity index (χ2v) is 6.23. The smallest absolute Gasteiger partial charge is 0.452 e. The lowest BCUT2D eigenvalue weighted by molar-refractivity contribution is -0.274. The third kappa shape index (κ3) is 4.31. The fraction of sp³-hybridized carbons (Fsp3) is 0.375. The zero-order chi connectivity index (χ0) is 17.2. The number of nitrogens with zero attached hydrogens (tertiary/aromatic N) is 1. The number of piperazine rings is 1. The highest BCUT2D eigenvalue weighted by atomic mass is 79.9. The van der Waals surface area contributed by atoms with E-state index in [1.54, 1.807) is 12.1 Å². The summed E-state index contributed by atoms with van der Waals surface area (Å²) in [5.74, 6) is 0.513. The summed E-state index contributed by atoms with van der Waals surface area (Å²) in [5, 5.41) is 3.29. The lowest BCUT2D eigenvalue weighted by atomic mass is 10.0. The molecular weight excluding hydrogens is 389 g/mol. The average Bonchev–Trinajstić information content (AvgIpc) is 2.95. The molecule has 130 valence electrons. The van der Waals surface area contributed by atoms with Gasteiger partial charge in [-0.05, 0) is 45.8 Å². The molecule has 1 aliphatic heterocycles. The van der Waals surface area contributed by atoms with E-state index in [1.807, 2.05) is 12.1 Å². The molecule has 2 aromatic rings. The van der Waals surface area contributed by atoms with Gasteiger partial charge in [-0.25, -0.2) is 0 Å². The molecule has 1 N–H and O–H groups in total. The van der Waals surface area contributed by atoms with Crippen LogP contribution in [0.3, 0.4) is 0 Å². The second kappa shape index (κ2) is 7.16. The Labute approximate surface area is 145 Å². The normalized spacial score (nSPS) is 17.7. The molecule has 1 aromatic carbocycles. The number of hydrogen-bond acceptors (Lipinski definition) is 4. The number of rotatable bonds is 4. The van der Waals surface area contributed by atoms with Gasteiger partial charge in [-0.1, -0.05) is 12.1 Å². The summed E-state index contributed by atoms with van der Waals surface area (Å²) in [7, 11) is 0. The number of benzene rings is 1. The van der Waals surface area contributed by atoms with Crippen molar-refractivity contribution in [1.82, 2.24) is 10.2 Å². The van der Waals surface area contributed by atoms with Crippen molar-refractivity contribution in [3.8, 4) is 5.75 Å². The number of nitrogens with one attached hydrogen (secondary N) is 1. The van der Waals surface area contributed by atoms with Gasteiger partial charge in [0.2, 0.25) is 0 Å². The predicted molar refractivity (Wildman–Crippen MR) is 85.8 cm³/mol. The van der Waals surface area contributed by atoms with Crippen molar-refractivity contribution in [2.24, 2.45) is 0 Å². The van der Waals surface area contributed by atoms with Gasteiger partial charge >= 0.3 is 6.36 Å². The number of halogens is 4. The molecule has 0 saturated carbocycles. The fourth-order valence-corrected chi connectivity index (χ4v) is 3.14. The molecule has 2 heterocycles. The number of ether oxygens (including phenoxy) is 1. The second-order valence-electron chi connectivity index (χ2n) is 5.45. The Hall–Kier alpha value is -1.51. The van der Waals surface area contributed by atoms with Crippen LogP contribution in [0, 0.1) is 0 Å². The van der Waals surface area contributed by atoms with Crippen LogP contribution >= 0.6 is 15.9 Å². The SMILES string of the molecule is FC(F)(F)Oc1ccc([C@@H](c2ccc(Br)o2)N2CCNCC2)cc1. The first-order valence-corrected chi connectivity index (χ1v) is 8.27. The first-order chi connectivity index (χ1) is 11.4. The molecular formula is C16H16BrF3N2O2. The van der Waals surface area contributed by atoms with Gasteiger partial charge in [-0.2, -0.15) is 0 Å². The van der Waals surface area contributed by atoms with Crippen molar-refractivity contribution in [3.05, 3.63) is 52.4 Å². The maximum absolute atomic E-state index is 12.3. The van der Waals surface area contributed by atoms with Crippen LogP contribution < -0.4 is 10.1 Å². The van der Waals surface area contributed by atoms with E-state index < -0.39 is 6.36 Å². The lowest BCUT2D eigenvalue weighted by Gasteiger charge is -2.34. The molecule has 0 aliphatic carbocycles. The topological polar surface area (TPSA) is 37.6 Å². The molecule has 1 fully saturated rings. The van der Waals surface area contributed by atoms with Crippen molar-refractivity contribution < 1.29 is 22.3 Å². The molecule has 24 heavy (non-hydrogen) atoms. The van der Waals surface area contributed by atoms with Crippen LogP contribution in [0.4, 0.5) is 13.2 Å². The van der Waals surface area contributed by atoms with Gasteiger partial charge in [0.15, 0.2) is 4.67 Å². The lowest BCUT2D eigenvalue weighted by Crippen LogP contribution is -2.45. The molecule has 1 aromatic heterocycles. The number of hydrogen-bond donors (Lipinski definition) is 1. The molecule has 3 rings (SSSR count). The van der Waals surface area contributed by atoms with E-state index in [-0.39, 0.29) is 11.8 Å². The quantitative estimate of drug-likeness (QED) is 0.837. The zero-order valence-electron chi connectivity index (χ0n) is 12.6. The summed E-state index contributed by atoms with van der Waals surface area (Å²) < 4.78 is 47.2. The maximum atomic E-state index is 12.3. The maximum Gasteiger partial charge on any atom is 0.573 e. The van der Waals surface area contributed by atoms with Crippen LogP contribution in [0.5, 0.6) is 5.75 Å². The van der Waals surface area contributed by atoms with Crippen molar-refractivity contribution >= 4 is 15.9 Å². The standard InChI is InChI=1S/C16H16BrF3N2O2/c17-14-6-5-13(23-14)15(22-9-7-21-8-10-22)11-1-3-12(4-2-11)24-16(18,19)20/h1-6,15,21H,7-10H2/t15-/m0/s1. The molecule has 8 heteroatoms. The van der Waals surface area contributed by atoms with Gasteiger partial charge in [-0.15, -0.1) is 13.2 Å². The summed E-state index contributed by atoms with van der Waals surface area (Å²) in [6.07, 6.45) is -4.69. The van der Waals surface area contributed by atoms with E-state index in [1.165, 1.54) is 12.1 Å². The third-order valence-electron chi connectivity index (χ3n) is 3.81. The highest BCUT2D eigenvalue weighted by Crippen LogP contribution is 2.33. The van der Waals surface area contributed by atoms with Crippen LogP contribution in [-0.4, -0.2) is 37.4 Å². The molecule has 1 aliphatic rings. The summed E-state index contributed by atoms with van der Waals surface area (Å²) in [6, 6.07) is 9.47. The van der Waals surface area contributed by atoms with Crippen molar-refractivity contribution in [3.63, 3.8) is 0 Å². The molecule has 0 radical (unpaired) electrons. The molecule has 1 atom stereocenters. The highest BCUT2D eigenvalue weighted by molar-refractivity contribution is 9.10. The van der Waals surface area contributed by atoms with Gasteiger partial charge in [0.1, 0.15) is 11.5 Å². The van der Waals surface area contributed by atoms with Gasteiger partial charge in [-0.3, -0.25) is 4.90 Å². The summed E-state index contributed by atoms with van der Waals surface area (Å²) in [6.45, 7) is 3.36. The minimum Gasteiger partial charge on any atom is -0.452 e. The van der Waals surface area contributed by atoms with Crippen molar-refractivity contribution in [1.29, 1.82) is 0 Å². The third-order valence-corrected chi connectivity index (χ3v) is 4.24. The van der Waals surface area contributed by atoms with E-state index in [9.17, 15) is 13.2 Å². The number of alkyl halides is 3. The summed E-state index contributed by atoms with van der Waals surface area (Å²) in [4.78, 5) is 2.24. The Balaban J connectivity index is 1.87. The summed E-state index contributed by atoms with van der Waals surface area (Å²) >= 11 is 3.30. The first kappa shape index (κ1) is 17.3. The Morgan fingerprint density at radius 3 is 2.29 bits per heavy atom. The highest BCUT2D eigenvalue weighted by Gasteiger charge is 2.31. The van der Waals surface area contributed by atoms with Crippen LogP contribution in [0.2, 0.25) is 0 Å². The van der Waals surface area contributed by atoms with Gasteiger partial charge in [0.25, 0.3) is 0 Å². The molecule has 0 amide bonds. The van der Waals surface area contributed by atoms with E-state index >= 15 is 0 Å². The van der Waals surface area contributed by atoms with E-state index in [2.05, 4.69) is 30.9 Å². The van der Waals surface area contributed by atoms with Gasteiger partial charge in [0, 0.05) is 26.2 Å². The summed E-state index contributed by atoms with van der Waals surface area (Å²) in [5.41, 5.74) is 0.855.